The van der Waals surface area contributed by atoms with Crippen LogP contribution in [0, 0.1) is 19.7 Å². The van der Waals surface area contributed by atoms with Gasteiger partial charge < -0.3 is 10.1 Å². The molecule has 1 aromatic heterocycles. The van der Waals surface area contributed by atoms with Gasteiger partial charge in [0.1, 0.15) is 5.82 Å². The van der Waals surface area contributed by atoms with Crippen LogP contribution in [0.25, 0.3) is 5.69 Å². The van der Waals surface area contributed by atoms with Gasteiger partial charge >= 0.3 is 0 Å². The normalized spacial score (nSPS) is 14.5. The molecule has 0 unspecified atom stereocenters. The lowest BCUT2D eigenvalue weighted by molar-refractivity contribution is 0.0999. The zero-order valence-corrected chi connectivity index (χ0v) is 18.5. The van der Waals surface area contributed by atoms with Gasteiger partial charge in [-0.3, -0.25) is 4.79 Å². The topological polar surface area (TPSA) is 56.2 Å². The average molecular weight is 440 g/mol. The predicted molar refractivity (Wildman–Crippen MR) is 123 cm³/mol. The quantitative estimate of drug-likeness (QED) is 0.567. The Morgan fingerprint density at radius 1 is 1.19 bits per heavy atom. The lowest BCUT2D eigenvalue weighted by atomic mass is 10.1. The Kier molecular flexibility index (Phi) is 6.73. The van der Waals surface area contributed by atoms with Gasteiger partial charge in [0.15, 0.2) is 0 Å². The minimum atomic E-state index is -0.307. The maximum Gasteiger partial charge on any atom is 0.259 e. The Morgan fingerprint density at radius 3 is 2.68 bits per heavy atom. The van der Waals surface area contributed by atoms with Crippen LogP contribution in [-0.4, -0.2) is 34.2 Å². The summed E-state index contributed by atoms with van der Waals surface area (Å²) in [5.74, 6) is 0.408. The summed E-state index contributed by atoms with van der Waals surface area (Å²) in [6, 6.07) is 14.0. The van der Waals surface area contributed by atoms with Crippen LogP contribution in [0.5, 0.6) is 0 Å². The van der Waals surface area contributed by atoms with Crippen molar-refractivity contribution in [3.63, 3.8) is 0 Å². The number of carbonyl (C=O) groups excluding carboxylic acids is 1. The molecule has 2 aromatic carbocycles. The average Bonchev–Trinajstić information content (AvgIpc) is 3.08. The molecule has 0 saturated carbocycles. The van der Waals surface area contributed by atoms with Gasteiger partial charge in [0.25, 0.3) is 5.91 Å². The number of benzene rings is 2. The molecule has 5 nitrogen and oxygen atoms in total. The summed E-state index contributed by atoms with van der Waals surface area (Å²) >= 11 is 1.95. The second kappa shape index (κ2) is 9.66. The number of carbonyl (C=O) groups is 1. The molecule has 2 heterocycles. The van der Waals surface area contributed by atoms with Crippen molar-refractivity contribution in [1.29, 1.82) is 0 Å². The van der Waals surface area contributed by atoms with Crippen molar-refractivity contribution in [2.24, 2.45) is 0 Å². The second-order valence-electron chi connectivity index (χ2n) is 7.71. The first-order valence-electron chi connectivity index (χ1n) is 10.4. The third-order valence-corrected chi connectivity index (χ3v) is 6.87. The van der Waals surface area contributed by atoms with Gasteiger partial charge in [-0.2, -0.15) is 16.9 Å². The highest BCUT2D eigenvalue weighted by Gasteiger charge is 2.20. The zero-order chi connectivity index (χ0) is 21.8. The van der Waals surface area contributed by atoms with Crippen molar-refractivity contribution in [1.82, 2.24) is 9.78 Å². The van der Waals surface area contributed by atoms with Crippen molar-refractivity contribution >= 4 is 23.4 Å². The fraction of sp³-hybridized carbons (Fsp3) is 0.333. The summed E-state index contributed by atoms with van der Waals surface area (Å²) in [6.07, 6.45) is 2.19. The van der Waals surface area contributed by atoms with E-state index in [2.05, 4.69) is 16.5 Å². The van der Waals surface area contributed by atoms with Gasteiger partial charge in [-0.15, -0.1) is 0 Å². The Hall–Kier alpha value is -2.64. The number of aromatic nitrogens is 2. The largest absolute Gasteiger partial charge is 0.381 e. The molecule has 3 aromatic rings. The summed E-state index contributed by atoms with van der Waals surface area (Å²) in [6.45, 7) is 5.35. The number of ether oxygens (including phenoxy) is 1. The minimum Gasteiger partial charge on any atom is -0.381 e. The van der Waals surface area contributed by atoms with E-state index in [9.17, 15) is 9.18 Å². The van der Waals surface area contributed by atoms with E-state index in [0.29, 0.717) is 27.9 Å². The van der Waals surface area contributed by atoms with E-state index in [1.165, 1.54) is 17.7 Å². The molecule has 4 rings (SSSR count). The monoisotopic (exact) mass is 439 g/mol. The Morgan fingerprint density at radius 2 is 1.94 bits per heavy atom. The Bertz CT molecular complexity index is 1060. The maximum atomic E-state index is 13.3. The van der Waals surface area contributed by atoms with E-state index >= 15 is 0 Å². The third-order valence-electron chi connectivity index (χ3n) is 5.43. The van der Waals surface area contributed by atoms with E-state index in [0.717, 1.165) is 37.5 Å². The molecule has 1 N–H and O–H groups in total. The van der Waals surface area contributed by atoms with E-state index in [4.69, 9.17) is 4.74 Å². The van der Waals surface area contributed by atoms with Crippen LogP contribution in [0.2, 0.25) is 0 Å². The molecule has 1 fully saturated rings. The SMILES string of the molecule is Cc1nn(-c2ccc(F)cc2)c(C)c1C(=O)Nc1cccc(CSC2CCOCC2)c1. The molecule has 31 heavy (non-hydrogen) atoms. The number of hydrogen-bond acceptors (Lipinski definition) is 4. The highest BCUT2D eigenvalue weighted by Crippen LogP contribution is 2.27. The number of halogens is 1. The van der Waals surface area contributed by atoms with Gasteiger partial charge in [0.2, 0.25) is 0 Å². The van der Waals surface area contributed by atoms with E-state index in [-0.39, 0.29) is 11.7 Å². The summed E-state index contributed by atoms with van der Waals surface area (Å²) in [5, 5.41) is 8.14. The summed E-state index contributed by atoms with van der Waals surface area (Å²) < 4.78 is 20.3. The number of rotatable bonds is 6. The molecule has 162 valence electrons. The summed E-state index contributed by atoms with van der Waals surface area (Å²) in [5.41, 5.74) is 4.55. The Labute approximate surface area is 186 Å². The van der Waals surface area contributed by atoms with Gasteiger partial charge in [-0.25, -0.2) is 9.07 Å². The van der Waals surface area contributed by atoms with Gasteiger partial charge in [-0.05, 0) is 68.7 Å². The molecule has 0 aliphatic carbocycles. The zero-order valence-electron chi connectivity index (χ0n) is 17.7. The van der Waals surface area contributed by atoms with Crippen LogP contribution in [0.4, 0.5) is 10.1 Å². The standard InChI is InChI=1S/C24H26FN3O2S/c1-16-23(17(2)28(27-16)21-8-6-19(25)7-9-21)24(29)26-20-5-3-4-18(14-20)15-31-22-10-12-30-13-11-22/h3-9,14,22H,10-13,15H2,1-2H3,(H,26,29). The van der Waals surface area contributed by atoms with Crippen molar-refractivity contribution in [2.75, 3.05) is 18.5 Å². The second-order valence-corrected chi connectivity index (χ2v) is 9.00. The van der Waals surface area contributed by atoms with Gasteiger partial charge in [-0.1, -0.05) is 12.1 Å². The van der Waals surface area contributed by atoms with Crippen molar-refractivity contribution in [3.8, 4) is 5.69 Å². The number of anilines is 1. The number of aryl methyl sites for hydroxylation is 1. The van der Waals surface area contributed by atoms with Crippen molar-refractivity contribution < 1.29 is 13.9 Å². The number of thioether (sulfide) groups is 1. The molecule has 1 amide bonds. The molecule has 0 radical (unpaired) electrons. The van der Waals surface area contributed by atoms with Crippen LogP contribution in [0.3, 0.4) is 0 Å². The van der Waals surface area contributed by atoms with Crippen LogP contribution in [0.1, 0.15) is 40.2 Å². The number of amides is 1. The molecule has 0 atom stereocenters. The number of nitrogens with one attached hydrogen (secondary N) is 1. The lowest BCUT2D eigenvalue weighted by Crippen LogP contribution is -2.17. The number of hydrogen-bond donors (Lipinski definition) is 1. The molecule has 7 heteroatoms. The van der Waals surface area contributed by atoms with E-state index in [1.807, 2.05) is 43.8 Å². The molecular formula is C24H26FN3O2S. The first-order chi connectivity index (χ1) is 15.0. The van der Waals surface area contributed by atoms with Gasteiger partial charge in [0, 0.05) is 29.9 Å². The molecule has 1 aliphatic heterocycles. The molecule has 1 aliphatic rings. The van der Waals surface area contributed by atoms with Crippen molar-refractivity contribution in [2.45, 2.75) is 37.7 Å². The van der Waals surface area contributed by atoms with Crippen LogP contribution in [-0.2, 0) is 10.5 Å². The maximum absolute atomic E-state index is 13.3. The third kappa shape index (κ3) is 5.17. The molecule has 0 spiro atoms. The first kappa shape index (κ1) is 21.6. The van der Waals surface area contributed by atoms with Crippen LogP contribution < -0.4 is 5.32 Å². The molecular weight excluding hydrogens is 413 g/mol. The highest BCUT2D eigenvalue weighted by atomic mass is 32.2. The first-order valence-corrected chi connectivity index (χ1v) is 11.5. The highest BCUT2D eigenvalue weighted by molar-refractivity contribution is 7.99. The van der Waals surface area contributed by atoms with Crippen LogP contribution >= 0.6 is 11.8 Å². The van der Waals surface area contributed by atoms with E-state index in [1.54, 1.807) is 16.8 Å². The van der Waals surface area contributed by atoms with Crippen LogP contribution in [0.15, 0.2) is 48.5 Å². The number of nitrogens with zero attached hydrogens (tertiary/aromatic N) is 2. The van der Waals surface area contributed by atoms with Gasteiger partial charge in [0.05, 0.1) is 22.6 Å². The minimum absolute atomic E-state index is 0.197. The fourth-order valence-electron chi connectivity index (χ4n) is 3.79. The van der Waals surface area contributed by atoms with Crippen molar-refractivity contribution in [3.05, 3.63) is 76.9 Å². The molecule has 1 saturated heterocycles. The smallest absolute Gasteiger partial charge is 0.259 e. The lowest BCUT2D eigenvalue weighted by Gasteiger charge is -2.21. The predicted octanol–water partition coefficient (Wildman–Crippen LogP) is 5.29. The summed E-state index contributed by atoms with van der Waals surface area (Å²) in [7, 11) is 0. The molecule has 0 bridgehead atoms. The Balaban J connectivity index is 1.46. The van der Waals surface area contributed by atoms with E-state index < -0.39 is 0 Å². The summed E-state index contributed by atoms with van der Waals surface area (Å²) in [4.78, 5) is 13.0. The fourth-order valence-corrected chi connectivity index (χ4v) is 4.93.